The van der Waals surface area contributed by atoms with Crippen molar-refractivity contribution in [2.75, 3.05) is 38.3 Å². The zero-order valence-corrected chi connectivity index (χ0v) is 17.4. The number of anilines is 1. The largest absolute Gasteiger partial charge is 0.508 e. The lowest BCUT2D eigenvalue weighted by Gasteiger charge is -2.28. The summed E-state index contributed by atoms with van der Waals surface area (Å²) < 4.78 is 7.08. The van der Waals surface area contributed by atoms with Gasteiger partial charge in [-0.05, 0) is 30.3 Å². The number of rotatable bonds is 4. The highest BCUT2D eigenvalue weighted by molar-refractivity contribution is 5.94. The third-order valence-electron chi connectivity index (χ3n) is 5.28. The number of amides is 1. The standard InChI is InChI=1S/C22H21N7O3/c1-23-22(31)15-5-2-6-16(12-15)29-21-18(26-27-29)20(28-8-10-32-11-9-28)24-19(25-21)14-4-3-7-17(30)13-14/h2-7,12-13,30H,8-11H2,1H3,(H,23,31). The van der Waals surface area contributed by atoms with E-state index < -0.39 is 0 Å². The molecule has 0 aliphatic carbocycles. The van der Waals surface area contributed by atoms with Crippen molar-refractivity contribution in [1.82, 2.24) is 30.3 Å². The summed E-state index contributed by atoms with van der Waals surface area (Å²) >= 11 is 0. The molecular formula is C22H21N7O3. The van der Waals surface area contributed by atoms with Crippen LogP contribution in [-0.2, 0) is 4.74 Å². The van der Waals surface area contributed by atoms with E-state index >= 15 is 0 Å². The second kappa shape index (κ2) is 8.23. The summed E-state index contributed by atoms with van der Waals surface area (Å²) in [5.41, 5.74) is 2.90. The number of carbonyl (C=O) groups is 1. The molecule has 0 bridgehead atoms. The van der Waals surface area contributed by atoms with Gasteiger partial charge in [0.05, 0.1) is 18.9 Å². The Balaban J connectivity index is 1.71. The van der Waals surface area contributed by atoms with Crippen LogP contribution in [0.3, 0.4) is 0 Å². The highest BCUT2D eigenvalue weighted by Crippen LogP contribution is 2.29. The number of carbonyl (C=O) groups excluding carboxylic acids is 1. The normalized spacial score (nSPS) is 14.0. The van der Waals surface area contributed by atoms with Crippen LogP contribution in [-0.4, -0.2) is 69.3 Å². The number of nitrogens with zero attached hydrogens (tertiary/aromatic N) is 6. The van der Waals surface area contributed by atoms with Gasteiger partial charge in [-0.3, -0.25) is 4.79 Å². The summed E-state index contributed by atoms with van der Waals surface area (Å²) in [4.78, 5) is 23.7. The summed E-state index contributed by atoms with van der Waals surface area (Å²) in [6.45, 7) is 2.53. The number of morpholine rings is 1. The van der Waals surface area contributed by atoms with Gasteiger partial charge < -0.3 is 20.1 Å². The van der Waals surface area contributed by atoms with Gasteiger partial charge in [0.1, 0.15) is 5.75 Å². The maximum absolute atomic E-state index is 12.1. The summed E-state index contributed by atoms with van der Waals surface area (Å²) in [6, 6.07) is 13.9. The molecule has 4 aromatic rings. The number of aromatic nitrogens is 5. The zero-order chi connectivity index (χ0) is 22.1. The van der Waals surface area contributed by atoms with Gasteiger partial charge in [-0.2, -0.15) is 4.68 Å². The van der Waals surface area contributed by atoms with Gasteiger partial charge in [-0.1, -0.05) is 23.4 Å². The molecule has 10 heteroatoms. The third kappa shape index (κ3) is 3.60. The average Bonchev–Trinajstić information content (AvgIpc) is 3.27. The number of nitrogens with one attached hydrogen (secondary N) is 1. The highest BCUT2D eigenvalue weighted by Gasteiger charge is 2.22. The number of phenols is 1. The molecule has 3 heterocycles. The summed E-state index contributed by atoms with van der Waals surface area (Å²) in [7, 11) is 1.59. The van der Waals surface area contributed by atoms with Crippen LogP contribution in [0.5, 0.6) is 5.75 Å². The molecule has 1 amide bonds. The quantitative estimate of drug-likeness (QED) is 0.502. The second-order valence-electron chi connectivity index (χ2n) is 7.32. The van der Waals surface area contributed by atoms with E-state index in [9.17, 15) is 9.90 Å². The number of hydrogen-bond acceptors (Lipinski definition) is 8. The maximum atomic E-state index is 12.1. The van der Waals surface area contributed by atoms with E-state index in [2.05, 4.69) is 20.5 Å². The zero-order valence-electron chi connectivity index (χ0n) is 17.4. The van der Waals surface area contributed by atoms with E-state index in [1.807, 2.05) is 12.1 Å². The molecule has 0 atom stereocenters. The highest BCUT2D eigenvalue weighted by atomic mass is 16.5. The monoisotopic (exact) mass is 431 g/mol. The lowest BCUT2D eigenvalue weighted by atomic mass is 10.2. The molecule has 1 aliphatic rings. The topological polar surface area (TPSA) is 118 Å². The van der Waals surface area contributed by atoms with Crippen molar-refractivity contribution in [3.63, 3.8) is 0 Å². The van der Waals surface area contributed by atoms with Crippen molar-refractivity contribution < 1.29 is 14.6 Å². The van der Waals surface area contributed by atoms with Crippen LogP contribution in [0.15, 0.2) is 48.5 Å². The van der Waals surface area contributed by atoms with E-state index in [1.165, 1.54) is 0 Å². The number of hydrogen-bond donors (Lipinski definition) is 2. The Labute approximate surface area is 183 Å². The van der Waals surface area contributed by atoms with Gasteiger partial charge in [0.15, 0.2) is 22.8 Å². The molecule has 10 nitrogen and oxygen atoms in total. The minimum Gasteiger partial charge on any atom is -0.508 e. The predicted octanol–water partition coefficient (Wildman–Crippen LogP) is 1.78. The molecule has 5 rings (SSSR count). The molecule has 1 saturated heterocycles. The summed E-state index contributed by atoms with van der Waals surface area (Å²) in [5, 5.41) is 21.3. The summed E-state index contributed by atoms with van der Waals surface area (Å²) in [6.07, 6.45) is 0. The van der Waals surface area contributed by atoms with Crippen molar-refractivity contribution in [1.29, 1.82) is 0 Å². The van der Waals surface area contributed by atoms with Crippen LogP contribution in [0.2, 0.25) is 0 Å². The minimum atomic E-state index is -0.194. The Morgan fingerprint density at radius 2 is 1.91 bits per heavy atom. The average molecular weight is 431 g/mol. The smallest absolute Gasteiger partial charge is 0.251 e. The van der Waals surface area contributed by atoms with Crippen LogP contribution in [0.1, 0.15) is 10.4 Å². The number of ether oxygens (including phenoxy) is 1. The van der Waals surface area contributed by atoms with E-state index in [0.29, 0.717) is 65.9 Å². The van der Waals surface area contributed by atoms with Crippen molar-refractivity contribution in [3.05, 3.63) is 54.1 Å². The molecule has 0 unspecified atom stereocenters. The lowest BCUT2D eigenvalue weighted by Crippen LogP contribution is -2.37. The van der Waals surface area contributed by atoms with Crippen LogP contribution in [0.4, 0.5) is 5.82 Å². The van der Waals surface area contributed by atoms with Crippen LogP contribution < -0.4 is 10.2 Å². The maximum Gasteiger partial charge on any atom is 0.251 e. The predicted molar refractivity (Wildman–Crippen MR) is 118 cm³/mol. The van der Waals surface area contributed by atoms with Gasteiger partial charge in [-0.25, -0.2) is 9.97 Å². The molecular weight excluding hydrogens is 410 g/mol. The first-order valence-corrected chi connectivity index (χ1v) is 10.2. The summed E-state index contributed by atoms with van der Waals surface area (Å²) in [5.74, 6) is 1.04. The number of benzene rings is 2. The molecule has 1 fully saturated rings. The fourth-order valence-electron chi connectivity index (χ4n) is 3.67. The third-order valence-corrected chi connectivity index (χ3v) is 5.28. The first-order valence-electron chi connectivity index (χ1n) is 10.2. The molecule has 0 spiro atoms. The number of fused-ring (bicyclic) bond motifs is 1. The fourth-order valence-corrected chi connectivity index (χ4v) is 3.67. The molecule has 2 aromatic carbocycles. The molecule has 2 aromatic heterocycles. The number of phenolic OH excluding ortho intramolecular Hbond substituents is 1. The Morgan fingerprint density at radius 1 is 1.09 bits per heavy atom. The number of aromatic hydroxyl groups is 1. The van der Waals surface area contributed by atoms with Crippen molar-refractivity contribution in [2.24, 2.45) is 0 Å². The van der Waals surface area contributed by atoms with Crippen LogP contribution in [0.25, 0.3) is 28.2 Å². The van der Waals surface area contributed by atoms with E-state index in [-0.39, 0.29) is 11.7 Å². The first-order chi connectivity index (χ1) is 15.6. The Kier molecular flexibility index (Phi) is 5.12. The molecule has 162 valence electrons. The molecule has 32 heavy (non-hydrogen) atoms. The Morgan fingerprint density at radius 3 is 2.69 bits per heavy atom. The Bertz CT molecular complexity index is 1300. The van der Waals surface area contributed by atoms with Gasteiger partial charge in [0.25, 0.3) is 5.91 Å². The minimum absolute atomic E-state index is 0.129. The van der Waals surface area contributed by atoms with Crippen molar-refractivity contribution >= 4 is 22.9 Å². The first kappa shape index (κ1) is 19.9. The van der Waals surface area contributed by atoms with Crippen LogP contribution >= 0.6 is 0 Å². The van der Waals surface area contributed by atoms with E-state index in [1.54, 1.807) is 48.1 Å². The van der Waals surface area contributed by atoms with E-state index in [4.69, 9.17) is 14.7 Å². The SMILES string of the molecule is CNC(=O)c1cccc(-n2nnc3c(N4CCOCC4)nc(-c4cccc(O)c4)nc32)c1. The van der Waals surface area contributed by atoms with Gasteiger partial charge >= 0.3 is 0 Å². The Hall–Kier alpha value is -4.05. The van der Waals surface area contributed by atoms with Gasteiger partial charge in [-0.15, -0.1) is 5.10 Å². The lowest BCUT2D eigenvalue weighted by molar-refractivity contribution is 0.0963. The van der Waals surface area contributed by atoms with Crippen molar-refractivity contribution in [2.45, 2.75) is 0 Å². The second-order valence-corrected chi connectivity index (χ2v) is 7.32. The van der Waals surface area contributed by atoms with Crippen LogP contribution in [0, 0.1) is 0 Å². The van der Waals surface area contributed by atoms with Gasteiger partial charge in [0.2, 0.25) is 0 Å². The fraction of sp³-hybridized carbons (Fsp3) is 0.227. The van der Waals surface area contributed by atoms with Crippen molar-refractivity contribution in [3.8, 4) is 22.8 Å². The van der Waals surface area contributed by atoms with E-state index in [0.717, 1.165) is 0 Å². The molecule has 2 N–H and O–H groups in total. The molecule has 0 radical (unpaired) electrons. The molecule has 0 saturated carbocycles. The van der Waals surface area contributed by atoms with Gasteiger partial charge in [0, 0.05) is 31.3 Å². The molecule has 1 aliphatic heterocycles.